The van der Waals surface area contributed by atoms with E-state index in [1.54, 1.807) is 6.33 Å². The lowest BCUT2D eigenvalue weighted by Gasteiger charge is -2.35. The molecule has 2 fully saturated rings. The van der Waals surface area contributed by atoms with Crippen LogP contribution in [0.1, 0.15) is 18.4 Å². The summed E-state index contributed by atoms with van der Waals surface area (Å²) in [5.41, 5.74) is 2.18. The predicted octanol–water partition coefficient (Wildman–Crippen LogP) is 1.67. The minimum absolute atomic E-state index is 0.162. The van der Waals surface area contributed by atoms with Gasteiger partial charge in [-0.1, -0.05) is 30.3 Å². The number of hydrogen-bond donors (Lipinski definition) is 1. The summed E-state index contributed by atoms with van der Waals surface area (Å²) in [5, 5.41) is 8.47. The van der Waals surface area contributed by atoms with Gasteiger partial charge in [0.15, 0.2) is 5.65 Å². The van der Waals surface area contributed by atoms with Crippen LogP contribution in [0.2, 0.25) is 0 Å². The fourth-order valence-corrected chi connectivity index (χ4v) is 4.03. The van der Waals surface area contributed by atoms with E-state index in [2.05, 4.69) is 60.5 Å². The van der Waals surface area contributed by atoms with Crippen molar-refractivity contribution in [1.29, 1.82) is 0 Å². The molecular formula is C22H27N7O. The van der Waals surface area contributed by atoms with Gasteiger partial charge in [-0.25, -0.2) is 14.6 Å². The quantitative estimate of drug-likeness (QED) is 0.644. The molecule has 1 N–H and O–H groups in total. The minimum atomic E-state index is 0.162. The van der Waals surface area contributed by atoms with E-state index in [1.165, 1.54) is 5.56 Å². The largest absolute Gasteiger partial charge is 0.354 e. The summed E-state index contributed by atoms with van der Waals surface area (Å²) in [6, 6.07) is 10.6. The van der Waals surface area contributed by atoms with Crippen LogP contribution in [0.4, 0.5) is 5.82 Å². The van der Waals surface area contributed by atoms with Gasteiger partial charge in [0, 0.05) is 45.2 Å². The number of fused-ring (bicyclic) bond motifs is 1. The fraction of sp³-hybridized carbons (Fsp3) is 0.455. The zero-order valence-corrected chi connectivity index (χ0v) is 17.1. The molecule has 0 bridgehead atoms. The first-order valence-electron chi connectivity index (χ1n) is 10.7. The number of piperazine rings is 1. The van der Waals surface area contributed by atoms with Gasteiger partial charge in [0.2, 0.25) is 5.91 Å². The predicted molar refractivity (Wildman–Crippen MR) is 115 cm³/mol. The molecule has 1 amide bonds. The maximum atomic E-state index is 11.8. The third-order valence-corrected chi connectivity index (χ3v) is 5.90. The van der Waals surface area contributed by atoms with Gasteiger partial charge in [-0.2, -0.15) is 5.10 Å². The summed E-state index contributed by atoms with van der Waals surface area (Å²) in [7, 11) is 0. The van der Waals surface area contributed by atoms with Crippen molar-refractivity contribution in [2.24, 2.45) is 5.92 Å². The lowest BCUT2D eigenvalue weighted by atomic mass is 10.2. The van der Waals surface area contributed by atoms with E-state index in [1.807, 2.05) is 10.9 Å². The first-order valence-corrected chi connectivity index (χ1v) is 10.7. The van der Waals surface area contributed by atoms with E-state index in [0.717, 1.165) is 62.4 Å². The molecule has 8 nitrogen and oxygen atoms in total. The Morgan fingerprint density at radius 2 is 1.87 bits per heavy atom. The number of anilines is 1. The molecule has 0 unspecified atom stereocenters. The third-order valence-electron chi connectivity index (χ3n) is 5.90. The van der Waals surface area contributed by atoms with Gasteiger partial charge in [-0.05, 0) is 18.4 Å². The zero-order valence-electron chi connectivity index (χ0n) is 17.1. The van der Waals surface area contributed by atoms with E-state index in [-0.39, 0.29) is 11.8 Å². The Hall–Kier alpha value is -3.00. The first-order chi connectivity index (χ1) is 14.8. The van der Waals surface area contributed by atoms with Crippen LogP contribution in [0.25, 0.3) is 11.0 Å². The Kier molecular flexibility index (Phi) is 5.31. The van der Waals surface area contributed by atoms with E-state index < -0.39 is 0 Å². The van der Waals surface area contributed by atoms with Crippen LogP contribution in [0.3, 0.4) is 0 Å². The molecule has 1 aliphatic heterocycles. The number of amides is 1. The molecule has 2 aromatic heterocycles. The van der Waals surface area contributed by atoms with Gasteiger partial charge in [0.1, 0.15) is 12.1 Å². The van der Waals surface area contributed by atoms with Crippen molar-refractivity contribution >= 4 is 22.8 Å². The second-order valence-electron chi connectivity index (χ2n) is 8.12. The van der Waals surface area contributed by atoms with Crippen molar-refractivity contribution in [2.75, 3.05) is 37.6 Å². The van der Waals surface area contributed by atoms with E-state index in [4.69, 9.17) is 0 Å². The van der Waals surface area contributed by atoms with Gasteiger partial charge in [-0.3, -0.25) is 9.69 Å². The number of carbonyl (C=O) groups is 1. The highest BCUT2D eigenvalue weighted by Gasteiger charge is 2.29. The summed E-state index contributed by atoms with van der Waals surface area (Å²) in [6.07, 6.45) is 5.51. The SMILES string of the molecule is O=C(NCCn1ncc2c(N3CCN(Cc4ccccc4)CC3)ncnc21)C1CC1. The lowest BCUT2D eigenvalue weighted by molar-refractivity contribution is -0.122. The lowest BCUT2D eigenvalue weighted by Crippen LogP contribution is -2.46. The second kappa shape index (κ2) is 8.39. The van der Waals surface area contributed by atoms with Crippen molar-refractivity contribution in [1.82, 2.24) is 30.0 Å². The van der Waals surface area contributed by atoms with Crippen LogP contribution in [0.5, 0.6) is 0 Å². The molecule has 1 aliphatic carbocycles. The number of carbonyl (C=O) groups excluding carboxylic acids is 1. The monoisotopic (exact) mass is 405 g/mol. The van der Waals surface area contributed by atoms with Crippen LogP contribution < -0.4 is 10.2 Å². The first kappa shape index (κ1) is 19.0. The van der Waals surface area contributed by atoms with Gasteiger partial charge in [-0.15, -0.1) is 0 Å². The minimum Gasteiger partial charge on any atom is -0.354 e. The highest BCUT2D eigenvalue weighted by atomic mass is 16.2. The Balaban J connectivity index is 1.22. The van der Waals surface area contributed by atoms with Gasteiger partial charge < -0.3 is 10.2 Å². The molecule has 0 spiro atoms. The molecule has 5 rings (SSSR count). The summed E-state index contributed by atoms with van der Waals surface area (Å²) in [5.74, 6) is 1.34. The standard InChI is InChI=1S/C22H27N7O/c30-22(18-6-7-18)23-8-9-29-21-19(14-26-29)20(24-16-25-21)28-12-10-27(11-13-28)15-17-4-2-1-3-5-17/h1-5,14,16,18H,6-13,15H2,(H,23,30). The number of aromatic nitrogens is 4. The topological polar surface area (TPSA) is 79.2 Å². The smallest absolute Gasteiger partial charge is 0.223 e. The maximum Gasteiger partial charge on any atom is 0.223 e. The number of nitrogens with zero attached hydrogens (tertiary/aromatic N) is 6. The second-order valence-corrected chi connectivity index (χ2v) is 8.12. The zero-order chi connectivity index (χ0) is 20.3. The fourth-order valence-electron chi connectivity index (χ4n) is 4.03. The van der Waals surface area contributed by atoms with Gasteiger partial charge in [0.25, 0.3) is 0 Å². The highest BCUT2D eigenvalue weighted by molar-refractivity contribution is 5.86. The molecule has 156 valence electrons. The Morgan fingerprint density at radius 3 is 2.63 bits per heavy atom. The number of benzene rings is 1. The van der Waals surface area contributed by atoms with Crippen molar-refractivity contribution in [3.05, 3.63) is 48.4 Å². The van der Waals surface area contributed by atoms with Crippen molar-refractivity contribution in [3.8, 4) is 0 Å². The molecule has 30 heavy (non-hydrogen) atoms. The van der Waals surface area contributed by atoms with Crippen LogP contribution in [0, 0.1) is 5.92 Å². The van der Waals surface area contributed by atoms with Crippen LogP contribution in [0.15, 0.2) is 42.9 Å². The van der Waals surface area contributed by atoms with Gasteiger partial charge in [0.05, 0.1) is 18.1 Å². The number of rotatable bonds is 7. The maximum absolute atomic E-state index is 11.8. The molecule has 1 aromatic carbocycles. The van der Waals surface area contributed by atoms with Crippen molar-refractivity contribution in [2.45, 2.75) is 25.9 Å². The molecule has 1 saturated heterocycles. The molecule has 8 heteroatoms. The summed E-state index contributed by atoms with van der Waals surface area (Å²) >= 11 is 0. The van der Waals surface area contributed by atoms with Crippen molar-refractivity contribution < 1.29 is 4.79 Å². The average Bonchev–Trinajstić information content (AvgIpc) is 3.56. The molecule has 3 aromatic rings. The molecule has 1 saturated carbocycles. The van der Waals surface area contributed by atoms with E-state index >= 15 is 0 Å². The normalized spacial score (nSPS) is 17.4. The molecule has 0 atom stereocenters. The Bertz CT molecular complexity index is 1010. The Morgan fingerprint density at radius 1 is 1.07 bits per heavy atom. The van der Waals surface area contributed by atoms with E-state index in [0.29, 0.717) is 13.1 Å². The van der Waals surface area contributed by atoms with Crippen LogP contribution >= 0.6 is 0 Å². The van der Waals surface area contributed by atoms with Crippen LogP contribution in [-0.4, -0.2) is 63.3 Å². The number of hydrogen-bond acceptors (Lipinski definition) is 6. The average molecular weight is 406 g/mol. The molecule has 0 radical (unpaired) electrons. The summed E-state index contributed by atoms with van der Waals surface area (Å²) < 4.78 is 1.86. The summed E-state index contributed by atoms with van der Waals surface area (Å²) in [4.78, 5) is 25.6. The van der Waals surface area contributed by atoms with Crippen molar-refractivity contribution in [3.63, 3.8) is 0 Å². The summed E-state index contributed by atoms with van der Waals surface area (Å²) in [6.45, 7) is 6.04. The highest BCUT2D eigenvalue weighted by Crippen LogP contribution is 2.28. The Labute approximate surface area is 175 Å². The van der Waals surface area contributed by atoms with Crippen LogP contribution in [-0.2, 0) is 17.9 Å². The third kappa shape index (κ3) is 4.14. The molecular weight excluding hydrogens is 378 g/mol. The number of nitrogens with one attached hydrogen (secondary N) is 1. The molecule has 2 aliphatic rings. The molecule has 3 heterocycles. The van der Waals surface area contributed by atoms with E-state index in [9.17, 15) is 4.79 Å². The van der Waals surface area contributed by atoms with Gasteiger partial charge >= 0.3 is 0 Å².